The molecule has 0 radical (unpaired) electrons. The van der Waals surface area contributed by atoms with E-state index in [1.807, 2.05) is 0 Å². The third-order valence-corrected chi connectivity index (χ3v) is 4.84. The standard InChI is InChI=1S/C14H14Cl2F3NO/c1-12(8-13(12,15)16)11(21)20-7-6-9-2-4-10(5-3-9)14(17,18)19/h2-5H,6-8H2,1H3,(H,20,21). The molecule has 1 saturated carbocycles. The first-order valence-corrected chi connectivity index (χ1v) is 7.14. The fraction of sp³-hybridized carbons (Fsp3) is 0.500. The smallest absolute Gasteiger partial charge is 0.355 e. The third kappa shape index (κ3) is 3.46. The minimum atomic E-state index is -4.34. The lowest BCUT2D eigenvalue weighted by Crippen LogP contribution is -2.34. The number of alkyl halides is 5. The summed E-state index contributed by atoms with van der Waals surface area (Å²) in [6.07, 6.45) is -3.50. The molecule has 1 aromatic carbocycles. The molecule has 0 spiro atoms. The SMILES string of the molecule is CC1(C(=O)NCCc2ccc(C(F)(F)F)cc2)CC1(Cl)Cl. The van der Waals surface area contributed by atoms with Gasteiger partial charge in [-0.15, -0.1) is 23.2 Å². The zero-order valence-corrected chi connectivity index (χ0v) is 12.7. The summed E-state index contributed by atoms with van der Waals surface area (Å²) >= 11 is 11.8. The lowest BCUT2D eigenvalue weighted by molar-refractivity contribution is -0.137. The first-order chi connectivity index (χ1) is 9.56. The van der Waals surface area contributed by atoms with Gasteiger partial charge in [0.2, 0.25) is 5.91 Å². The summed E-state index contributed by atoms with van der Waals surface area (Å²) in [5.41, 5.74) is -0.752. The van der Waals surface area contributed by atoms with Crippen LogP contribution in [-0.2, 0) is 17.4 Å². The highest BCUT2D eigenvalue weighted by molar-refractivity contribution is 6.53. The molecule has 116 valence electrons. The molecular formula is C14H14Cl2F3NO. The van der Waals surface area contributed by atoms with Crippen LogP contribution in [0.1, 0.15) is 24.5 Å². The first kappa shape index (κ1) is 16.4. The van der Waals surface area contributed by atoms with Gasteiger partial charge in [0.05, 0.1) is 11.0 Å². The van der Waals surface area contributed by atoms with Gasteiger partial charge >= 0.3 is 6.18 Å². The predicted octanol–water partition coefficient (Wildman–Crippen LogP) is 3.95. The van der Waals surface area contributed by atoms with Gasteiger partial charge in [0.15, 0.2) is 0 Å². The van der Waals surface area contributed by atoms with Crippen LogP contribution in [0.25, 0.3) is 0 Å². The minimum Gasteiger partial charge on any atom is -0.355 e. The topological polar surface area (TPSA) is 29.1 Å². The maximum absolute atomic E-state index is 12.4. The van der Waals surface area contributed by atoms with Crippen LogP contribution in [0.15, 0.2) is 24.3 Å². The summed E-state index contributed by atoms with van der Waals surface area (Å²) in [7, 11) is 0. The summed E-state index contributed by atoms with van der Waals surface area (Å²) < 4.78 is 36.2. The zero-order chi connectivity index (χ0) is 15.9. The fourth-order valence-electron chi connectivity index (χ4n) is 2.02. The van der Waals surface area contributed by atoms with Gasteiger partial charge in [0.25, 0.3) is 0 Å². The molecule has 0 aliphatic heterocycles. The van der Waals surface area contributed by atoms with Crippen LogP contribution < -0.4 is 5.32 Å². The van der Waals surface area contributed by atoms with Crippen molar-refractivity contribution in [3.8, 4) is 0 Å². The number of benzene rings is 1. The Morgan fingerprint density at radius 1 is 1.29 bits per heavy atom. The van der Waals surface area contributed by atoms with Crippen molar-refractivity contribution in [2.75, 3.05) is 6.54 Å². The average molecular weight is 340 g/mol. The number of carbonyl (C=O) groups excluding carboxylic acids is 1. The molecule has 1 unspecified atom stereocenters. The van der Waals surface area contributed by atoms with Gasteiger partial charge in [-0.3, -0.25) is 4.79 Å². The van der Waals surface area contributed by atoms with E-state index < -0.39 is 21.5 Å². The molecule has 1 atom stereocenters. The predicted molar refractivity (Wildman–Crippen MR) is 75.3 cm³/mol. The van der Waals surface area contributed by atoms with E-state index >= 15 is 0 Å². The second-order valence-electron chi connectivity index (χ2n) is 5.41. The lowest BCUT2D eigenvalue weighted by Gasteiger charge is -2.13. The van der Waals surface area contributed by atoms with Crippen molar-refractivity contribution in [2.45, 2.75) is 30.3 Å². The first-order valence-electron chi connectivity index (χ1n) is 6.38. The molecule has 7 heteroatoms. The highest BCUT2D eigenvalue weighted by Crippen LogP contribution is 2.63. The molecule has 0 saturated heterocycles. The highest BCUT2D eigenvalue weighted by Gasteiger charge is 2.67. The van der Waals surface area contributed by atoms with Gasteiger partial charge in [-0.05, 0) is 37.5 Å². The summed E-state index contributed by atoms with van der Waals surface area (Å²) in [6, 6.07) is 4.87. The van der Waals surface area contributed by atoms with Gasteiger partial charge in [-0.2, -0.15) is 13.2 Å². The van der Waals surface area contributed by atoms with E-state index in [9.17, 15) is 18.0 Å². The van der Waals surface area contributed by atoms with Crippen LogP contribution in [0.4, 0.5) is 13.2 Å². The molecule has 1 aromatic rings. The quantitative estimate of drug-likeness (QED) is 0.827. The van der Waals surface area contributed by atoms with Crippen LogP contribution in [0.2, 0.25) is 0 Å². The van der Waals surface area contributed by atoms with E-state index in [-0.39, 0.29) is 5.91 Å². The van der Waals surface area contributed by atoms with Gasteiger partial charge in [0.1, 0.15) is 4.33 Å². The Balaban J connectivity index is 1.83. The maximum Gasteiger partial charge on any atom is 0.416 e. The zero-order valence-electron chi connectivity index (χ0n) is 11.2. The molecule has 1 aliphatic rings. The Labute approximate surface area is 130 Å². The van der Waals surface area contributed by atoms with E-state index in [4.69, 9.17) is 23.2 Å². The highest BCUT2D eigenvalue weighted by atomic mass is 35.5. The number of hydrogen-bond donors (Lipinski definition) is 1. The van der Waals surface area contributed by atoms with Crippen molar-refractivity contribution >= 4 is 29.1 Å². The molecule has 0 heterocycles. The monoisotopic (exact) mass is 339 g/mol. The van der Waals surface area contributed by atoms with E-state index in [2.05, 4.69) is 5.32 Å². The maximum atomic E-state index is 12.4. The molecule has 1 N–H and O–H groups in total. The normalized spacial score (nSPS) is 23.7. The lowest BCUT2D eigenvalue weighted by atomic mass is 10.1. The van der Waals surface area contributed by atoms with E-state index in [1.54, 1.807) is 6.92 Å². The van der Waals surface area contributed by atoms with E-state index in [0.717, 1.165) is 12.1 Å². The Morgan fingerprint density at radius 3 is 2.24 bits per heavy atom. The van der Waals surface area contributed by atoms with Crippen LogP contribution in [0, 0.1) is 5.41 Å². The van der Waals surface area contributed by atoms with Crippen molar-refractivity contribution in [1.29, 1.82) is 0 Å². The fourth-order valence-corrected chi connectivity index (χ4v) is 2.73. The van der Waals surface area contributed by atoms with Crippen LogP contribution >= 0.6 is 23.2 Å². The van der Waals surface area contributed by atoms with E-state index in [0.29, 0.717) is 24.9 Å². The second kappa shape index (κ2) is 5.36. The summed E-state index contributed by atoms with van der Waals surface area (Å²) in [5.74, 6) is -0.237. The summed E-state index contributed by atoms with van der Waals surface area (Å²) in [4.78, 5) is 11.9. The molecule has 2 rings (SSSR count). The molecule has 1 amide bonds. The molecular weight excluding hydrogens is 326 g/mol. The summed E-state index contributed by atoms with van der Waals surface area (Å²) in [5, 5.41) is 2.70. The third-order valence-electron chi connectivity index (χ3n) is 3.74. The van der Waals surface area contributed by atoms with Crippen molar-refractivity contribution in [1.82, 2.24) is 5.32 Å². The Hall–Kier alpha value is -0.940. The average Bonchev–Trinajstić information content (AvgIpc) is 2.89. The number of nitrogens with one attached hydrogen (secondary N) is 1. The number of halogens is 5. The summed E-state index contributed by atoms with van der Waals surface area (Å²) in [6.45, 7) is 2.00. The molecule has 0 aromatic heterocycles. The van der Waals surface area contributed by atoms with Crippen LogP contribution in [-0.4, -0.2) is 16.8 Å². The molecule has 21 heavy (non-hydrogen) atoms. The number of carbonyl (C=O) groups is 1. The minimum absolute atomic E-state index is 0.237. The van der Waals surface area contributed by atoms with Gasteiger partial charge in [-0.1, -0.05) is 12.1 Å². The van der Waals surface area contributed by atoms with Gasteiger partial charge in [0, 0.05) is 6.54 Å². The van der Waals surface area contributed by atoms with Crippen LogP contribution in [0.5, 0.6) is 0 Å². The molecule has 0 bridgehead atoms. The Kier molecular flexibility index (Phi) is 4.19. The number of amides is 1. The van der Waals surface area contributed by atoms with Gasteiger partial charge < -0.3 is 5.32 Å². The van der Waals surface area contributed by atoms with Crippen molar-refractivity contribution in [3.63, 3.8) is 0 Å². The van der Waals surface area contributed by atoms with E-state index in [1.165, 1.54) is 12.1 Å². The molecule has 1 aliphatic carbocycles. The molecule has 2 nitrogen and oxygen atoms in total. The number of rotatable bonds is 4. The number of hydrogen-bond acceptors (Lipinski definition) is 1. The Bertz CT molecular complexity index is 542. The van der Waals surface area contributed by atoms with Crippen molar-refractivity contribution < 1.29 is 18.0 Å². The second-order valence-corrected chi connectivity index (χ2v) is 6.90. The Morgan fingerprint density at radius 2 is 1.81 bits per heavy atom. The van der Waals surface area contributed by atoms with Crippen molar-refractivity contribution in [2.24, 2.45) is 5.41 Å². The largest absolute Gasteiger partial charge is 0.416 e. The van der Waals surface area contributed by atoms with Crippen molar-refractivity contribution in [3.05, 3.63) is 35.4 Å². The van der Waals surface area contributed by atoms with Crippen LogP contribution in [0.3, 0.4) is 0 Å². The van der Waals surface area contributed by atoms with Gasteiger partial charge in [-0.25, -0.2) is 0 Å². The molecule has 1 fully saturated rings.